The Morgan fingerprint density at radius 1 is 1.57 bits per heavy atom. The second-order valence-corrected chi connectivity index (χ2v) is 4.86. The van der Waals surface area contributed by atoms with Crippen LogP contribution in [-0.4, -0.2) is 24.6 Å². The molecule has 82 valence electrons. The lowest BCUT2D eigenvalue weighted by Crippen LogP contribution is -2.16. The van der Waals surface area contributed by atoms with Gasteiger partial charge in [0, 0.05) is 5.57 Å². The van der Waals surface area contributed by atoms with Crippen LogP contribution in [-0.2, 0) is 14.9 Å². The molecule has 0 heterocycles. The van der Waals surface area contributed by atoms with Gasteiger partial charge in [0.05, 0.1) is 5.75 Å². The van der Waals surface area contributed by atoms with Crippen molar-refractivity contribution in [3.05, 3.63) is 12.2 Å². The summed E-state index contributed by atoms with van der Waals surface area (Å²) in [5, 5.41) is 0. The summed E-state index contributed by atoms with van der Waals surface area (Å²) in [6.45, 7) is 5.10. The van der Waals surface area contributed by atoms with E-state index < -0.39 is 16.0 Å². The maximum atomic E-state index is 10.6. The van der Waals surface area contributed by atoms with E-state index in [9.17, 15) is 13.2 Å². The molecular formula is C8H15NO4S. The third-order valence-electron chi connectivity index (χ3n) is 1.78. The predicted molar refractivity (Wildman–Crippen MR) is 53.1 cm³/mol. The molecule has 0 aromatic heterocycles. The first-order valence-corrected chi connectivity index (χ1v) is 5.76. The molecule has 0 radical (unpaired) electrons. The molecule has 0 rings (SSSR count). The van der Waals surface area contributed by atoms with Crippen molar-refractivity contribution >= 4 is 16.0 Å². The van der Waals surface area contributed by atoms with Gasteiger partial charge in [-0.05, 0) is 18.8 Å². The molecule has 1 amide bonds. The molecular weight excluding hydrogens is 206 g/mol. The minimum absolute atomic E-state index is 0.221. The van der Waals surface area contributed by atoms with Crippen LogP contribution in [0.2, 0.25) is 0 Å². The Morgan fingerprint density at radius 2 is 2.07 bits per heavy atom. The largest absolute Gasteiger partial charge is 0.366 e. The summed E-state index contributed by atoms with van der Waals surface area (Å²) in [6, 6.07) is 0. The third-order valence-corrected chi connectivity index (χ3v) is 2.77. The molecule has 0 bridgehead atoms. The van der Waals surface area contributed by atoms with Gasteiger partial charge in [-0.3, -0.25) is 9.35 Å². The number of hydrogen-bond acceptors (Lipinski definition) is 3. The van der Waals surface area contributed by atoms with Gasteiger partial charge >= 0.3 is 0 Å². The van der Waals surface area contributed by atoms with Crippen molar-refractivity contribution in [2.45, 2.75) is 19.8 Å². The van der Waals surface area contributed by atoms with Gasteiger partial charge in [-0.25, -0.2) is 0 Å². The Kier molecular flexibility index (Phi) is 4.79. The molecule has 0 aromatic rings. The fraction of sp³-hybridized carbons (Fsp3) is 0.625. The average molecular weight is 221 g/mol. The predicted octanol–water partition coefficient (Wildman–Crippen LogP) is 0.332. The Bertz CT molecular complexity index is 320. The Hall–Kier alpha value is -0.880. The lowest BCUT2D eigenvalue weighted by Gasteiger charge is -2.08. The average Bonchev–Trinajstić information content (AvgIpc) is 1.96. The highest BCUT2D eigenvalue weighted by atomic mass is 32.2. The number of nitrogens with two attached hydrogens (primary N) is 1. The zero-order valence-corrected chi connectivity index (χ0v) is 8.88. The van der Waals surface area contributed by atoms with E-state index >= 15 is 0 Å². The molecule has 0 aromatic carbocycles. The summed E-state index contributed by atoms with van der Waals surface area (Å²) < 4.78 is 29.4. The summed E-state index contributed by atoms with van der Waals surface area (Å²) in [5.41, 5.74) is 5.21. The molecule has 14 heavy (non-hydrogen) atoms. The van der Waals surface area contributed by atoms with E-state index in [1.165, 1.54) is 0 Å². The first kappa shape index (κ1) is 13.1. The van der Waals surface area contributed by atoms with Crippen LogP contribution in [0, 0.1) is 5.92 Å². The number of primary amides is 1. The number of amides is 1. The topological polar surface area (TPSA) is 97.5 Å². The highest BCUT2D eigenvalue weighted by Crippen LogP contribution is 2.12. The minimum atomic E-state index is -3.94. The second kappa shape index (κ2) is 5.11. The lowest BCUT2D eigenvalue weighted by atomic mass is 10.0. The molecule has 5 nitrogen and oxygen atoms in total. The van der Waals surface area contributed by atoms with Crippen molar-refractivity contribution in [3.8, 4) is 0 Å². The SMILES string of the molecule is C=C(CCC(C)CS(=O)(=O)O)C(N)=O. The van der Waals surface area contributed by atoms with Crippen molar-refractivity contribution in [1.29, 1.82) is 0 Å². The number of carbonyl (C=O) groups excluding carboxylic acids is 1. The smallest absolute Gasteiger partial charge is 0.265 e. The van der Waals surface area contributed by atoms with E-state index in [0.717, 1.165) is 0 Å². The van der Waals surface area contributed by atoms with Gasteiger partial charge in [0.25, 0.3) is 10.1 Å². The Morgan fingerprint density at radius 3 is 2.43 bits per heavy atom. The van der Waals surface area contributed by atoms with Gasteiger partial charge in [0.2, 0.25) is 5.91 Å². The van der Waals surface area contributed by atoms with Crippen LogP contribution in [0.4, 0.5) is 0 Å². The van der Waals surface area contributed by atoms with Gasteiger partial charge in [0.15, 0.2) is 0 Å². The summed E-state index contributed by atoms with van der Waals surface area (Å²) in [7, 11) is -3.94. The van der Waals surface area contributed by atoms with E-state index in [0.29, 0.717) is 12.8 Å². The molecule has 0 spiro atoms. The van der Waals surface area contributed by atoms with E-state index in [1.54, 1.807) is 6.92 Å². The highest BCUT2D eigenvalue weighted by Gasteiger charge is 2.13. The van der Waals surface area contributed by atoms with Crippen LogP contribution in [0.25, 0.3) is 0 Å². The van der Waals surface area contributed by atoms with Crippen LogP contribution >= 0.6 is 0 Å². The zero-order chi connectivity index (χ0) is 11.4. The van der Waals surface area contributed by atoms with Gasteiger partial charge in [-0.2, -0.15) is 8.42 Å². The fourth-order valence-electron chi connectivity index (χ4n) is 0.987. The molecule has 1 unspecified atom stereocenters. The standard InChI is InChI=1S/C8H15NO4S/c1-6(5-14(11,12)13)3-4-7(2)8(9)10/h6H,2-5H2,1H3,(H2,9,10)(H,11,12,13). The third kappa shape index (κ3) is 6.62. The molecule has 1 atom stereocenters. The van der Waals surface area contributed by atoms with Crippen LogP contribution in [0.3, 0.4) is 0 Å². The van der Waals surface area contributed by atoms with Crippen LogP contribution in [0.15, 0.2) is 12.2 Å². The summed E-state index contributed by atoms with van der Waals surface area (Å²) in [4.78, 5) is 10.6. The Labute approximate surface area is 83.7 Å². The number of hydrogen-bond donors (Lipinski definition) is 2. The lowest BCUT2D eigenvalue weighted by molar-refractivity contribution is -0.114. The van der Waals surface area contributed by atoms with Crippen molar-refractivity contribution in [2.24, 2.45) is 11.7 Å². The molecule has 0 aliphatic heterocycles. The van der Waals surface area contributed by atoms with Gasteiger partial charge in [-0.1, -0.05) is 13.5 Å². The zero-order valence-electron chi connectivity index (χ0n) is 8.06. The van der Waals surface area contributed by atoms with Gasteiger partial charge in [-0.15, -0.1) is 0 Å². The number of carbonyl (C=O) groups is 1. The first-order valence-electron chi connectivity index (χ1n) is 4.15. The van der Waals surface area contributed by atoms with E-state index in [4.69, 9.17) is 10.3 Å². The molecule has 0 saturated heterocycles. The van der Waals surface area contributed by atoms with E-state index in [1.807, 2.05) is 0 Å². The molecule has 6 heteroatoms. The monoisotopic (exact) mass is 221 g/mol. The second-order valence-electron chi connectivity index (χ2n) is 3.36. The molecule has 0 saturated carbocycles. The summed E-state index contributed by atoms with van der Waals surface area (Å²) >= 11 is 0. The van der Waals surface area contributed by atoms with Crippen molar-refractivity contribution in [1.82, 2.24) is 0 Å². The number of rotatable bonds is 6. The normalized spacial score (nSPS) is 13.6. The quantitative estimate of drug-likeness (QED) is 0.499. The van der Waals surface area contributed by atoms with Gasteiger partial charge in [0.1, 0.15) is 0 Å². The maximum Gasteiger partial charge on any atom is 0.265 e. The molecule has 3 N–H and O–H groups in total. The molecule has 0 aliphatic rings. The maximum absolute atomic E-state index is 10.6. The van der Waals surface area contributed by atoms with Crippen molar-refractivity contribution in [3.63, 3.8) is 0 Å². The van der Waals surface area contributed by atoms with Crippen LogP contribution < -0.4 is 5.73 Å². The first-order chi connectivity index (χ1) is 6.22. The molecule has 0 aliphatic carbocycles. The highest BCUT2D eigenvalue weighted by molar-refractivity contribution is 7.85. The molecule has 0 fully saturated rings. The minimum Gasteiger partial charge on any atom is -0.366 e. The Balaban J connectivity index is 3.92. The summed E-state index contributed by atoms with van der Waals surface area (Å²) in [5.74, 6) is -1.11. The van der Waals surface area contributed by atoms with E-state index in [2.05, 4.69) is 6.58 Å². The van der Waals surface area contributed by atoms with Crippen molar-refractivity contribution in [2.75, 3.05) is 5.75 Å². The van der Waals surface area contributed by atoms with Crippen LogP contribution in [0.1, 0.15) is 19.8 Å². The van der Waals surface area contributed by atoms with Gasteiger partial charge < -0.3 is 5.73 Å². The van der Waals surface area contributed by atoms with Crippen LogP contribution in [0.5, 0.6) is 0 Å². The fourth-order valence-corrected chi connectivity index (χ4v) is 1.87. The summed E-state index contributed by atoms with van der Waals surface area (Å²) in [6.07, 6.45) is 0.813. The van der Waals surface area contributed by atoms with Crippen molar-refractivity contribution < 1.29 is 17.8 Å². The van der Waals surface area contributed by atoms with E-state index in [-0.39, 0.29) is 17.2 Å².